The van der Waals surface area contributed by atoms with Gasteiger partial charge in [0.1, 0.15) is 22.6 Å². The van der Waals surface area contributed by atoms with Gasteiger partial charge in [0.25, 0.3) is 0 Å². The molecule has 0 bridgehead atoms. The standard InChI is InChI=1S/C12H6BrFN2OS/c13-8-5-7(14)1-2-10(8)17-12-11-9(3-4-18-11)15-6-16-12/h1-6H. The highest BCUT2D eigenvalue weighted by molar-refractivity contribution is 9.10. The molecule has 0 atom stereocenters. The summed E-state index contributed by atoms with van der Waals surface area (Å²) in [6, 6.07) is 6.14. The minimum Gasteiger partial charge on any atom is -0.436 e. The fraction of sp³-hybridized carbons (Fsp3) is 0. The highest BCUT2D eigenvalue weighted by atomic mass is 79.9. The zero-order valence-corrected chi connectivity index (χ0v) is 11.3. The fourth-order valence-corrected chi connectivity index (χ4v) is 2.70. The maximum absolute atomic E-state index is 13.0. The number of thiophene rings is 1. The molecule has 0 aliphatic carbocycles. The van der Waals surface area contributed by atoms with Crippen molar-refractivity contribution in [2.75, 3.05) is 0 Å². The van der Waals surface area contributed by atoms with Crippen LogP contribution >= 0.6 is 27.3 Å². The van der Waals surface area contributed by atoms with Crippen molar-refractivity contribution in [3.8, 4) is 11.6 Å². The molecule has 18 heavy (non-hydrogen) atoms. The Labute approximate surface area is 114 Å². The van der Waals surface area contributed by atoms with Gasteiger partial charge in [-0.3, -0.25) is 0 Å². The average Bonchev–Trinajstić information content (AvgIpc) is 2.82. The Balaban J connectivity index is 2.03. The highest BCUT2D eigenvalue weighted by Gasteiger charge is 2.09. The van der Waals surface area contributed by atoms with Gasteiger partial charge in [0.15, 0.2) is 0 Å². The van der Waals surface area contributed by atoms with Crippen LogP contribution in [0, 0.1) is 5.82 Å². The molecule has 0 amide bonds. The molecule has 2 aromatic heterocycles. The molecule has 0 fully saturated rings. The number of rotatable bonds is 2. The summed E-state index contributed by atoms with van der Waals surface area (Å²) in [6.45, 7) is 0. The van der Waals surface area contributed by atoms with E-state index in [9.17, 15) is 4.39 Å². The second-order valence-corrected chi connectivity index (χ2v) is 5.26. The van der Waals surface area contributed by atoms with Crippen LogP contribution in [0.1, 0.15) is 0 Å². The Morgan fingerprint density at radius 1 is 1.22 bits per heavy atom. The summed E-state index contributed by atoms with van der Waals surface area (Å²) >= 11 is 4.76. The van der Waals surface area contributed by atoms with Gasteiger partial charge in [0.2, 0.25) is 5.88 Å². The van der Waals surface area contributed by atoms with Crippen LogP contribution in [-0.2, 0) is 0 Å². The molecule has 90 valence electrons. The van der Waals surface area contributed by atoms with E-state index in [1.54, 1.807) is 6.07 Å². The molecule has 0 radical (unpaired) electrons. The number of fused-ring (bicyclic) bond motifs is 1. The van der Waals surface area contributed by atoms with Crippen molar-refractivity contribution in [2.45, 2.75) is 0 Å². The first-order valence-corrected chi connectivity index (χ1v) is 6.72. The highest BCUT2D eigenvalue weighted by Crippen LogP contribution is 2.34. The molecule has 0 saturated carbocycles. The lowest BCUT2D eigenvalue weighted by Gasteiger charge is -2.07. The van der Waals surface area contributed by atoms with E-state index in [4.69, 9.17) is 4.74 Å². The van der Waals surface area contributed by atoms with E-state index < -0.39 is 0 Å². The fourth-order valence-electron chi connectivity index (χ4n) is 1.50. The van der Waals surface area contributed by atoms with Gasteiger partial charge in [0.05, 0.1) is 9.99 Å². The van der Waals surface area contributed by atoms with Crippen molar-refractivity contribution in [3.63, 3.8) is 0 Å². The normalized spacial score (nSPS) is 10.8. The summed E-state index contributed by atoms with van der Waals surface area (Å²) in [5, 5.41) is 1.92. The number of nitrogens with zero attached hydrogens (tertiary/aromatic N) is 2. The lowest BCUT2D eigenvalue weighted by molar-refractivity contribution is 0.464. The van der Waals surface area contributed by atoms with Crippen molar-refractivity contribution in [1.29, 1.82) is 0 Å². The predicted molar refractivity (Wildman–Crippen MR) is 71.6 cm³/mol. The van der Waals surface area contributed by atoms with Crippen molar-refractivity contribution in [3.05, 3.63) is 46.3 Å². The van der Waals surface area contributed by atoms with Crippen molar-refractivity contribution >= 4 is 37.5 Å². The first kappa shape index (κ1) is 11.6. The lowest BCUT2D eigenvalue weighted by atomic mass is 10.3. The topological polar surface area (TPSA) is 35.0 Å². The van der Waals surface area contributed by atoms with E-state index >= 15 is 0 Å². The van der Waals surface area contributed by atoms with Crippen LogP contribution in [0.25, 0.3) is 10.2 Å². The molecular weight excluding hydrogens is 319 g/mol. The third-order valence-corrected chi connectivity index (χ3v) is 3.82. The van der Waals surface area contributed by atoms with Gasteiger partial charge in [-0.2, -0.15) is 0 Å². The van der Waals surface area contributed by atoms with E-state index in [2.05, 4.69) is 25.9 Å². The molecule has 3 rings (SSSR count). The van der Waals surface area contributed by atoms with E-state index in [0.29, 0.717) is 16.1 Å². The number of aromatic nitrogens is 2. The third-order valence-electron chi connectivity index (χ3n) is 2.31. The van der Waals surface area contributed by atoms with E-state index in [1.807, 2.05) is 11.4 Å². The smallest absolute Gasteiger partial charge is 0.240 e. The summed E-state index contributed by atoms with van der Waals surface area (Å²) in [5.74, 6) is 0.672. The molecule has 0 spiro atoms. The Bertz CT molecular complexity index is 716. The molecular formula is C12H6BrFN2OS. The second-order valence-electron chi connectivity index (χ2n) is 3.49. The predicted octanol–water partition coefficient (Wildman–Crippen LogP) is 4.39. The van der Waals surface area contributed by atoms with Crippen molar-refractivity contribution in [2.24, 2.45) is 0 Å². The number of benzene rings is 1. The summed E-state index contributed by atoms with van der Waals surface area (Å²) in [5.41, 5.74) is 0.836. The average molecular weight is 325 g/mol. The van der Waals surface area contributed by atoms with Crippen LogP contribution in [0.2, 0.25) is 0 Å². The Hall–Kier alpha value is -1.53. The van der Waals surface area contributed by atoms with Crippen molar-refractivity contribution in [1.82, 2.24) is 9.97 Å². The molecule has 3 nitrogen and oxygen atoms in total. The molecule has 2 heterocycles. The number of halogens is 2. The van der Waals surface area contributed by atoms with Crippen LogP contribution in [0.3, 0.4) is 0 Å². The zero-order chi connectivity index (χ0) is 12.5. The van der Waals surface area contributed by atoms with Crippen LogP contribution in [-0.4, -0.2) is 9.97 Å². The first-order valence-electron chi connectivity index (χ1n) is 5.05. The Morgan fingerprint density at radius 2 is 2.11 bits per heavy atom. The van der Waals surface area contributed by atoms with E-state index in [0.717, 1.165) is 10.2 Å². The van der Waals surface area contributed by atoms with Gasteiger partial charge < -0.3 is 4.74 Å². The second kappa shape index (κ2) is 4.62. The summed E-state index contributed by atoms with van der Waals surface area (Å²) in [7, 11) is 0. The third kappa shape index (κ3) is 2.09. The summed E-state index contributed by atoms with van der Waals surface area (Å²) in [6.07, 6.45) is 1.45. The van der Waals surface area contributed by atoms with E-state index in [1.165, 1.54) is 29.8 Å². The monoisotopic (exact) mass is 324 g/mol. The quantitative estimate of drug-likeness (QED) is 0.701. The molecule has 0 aliphatic rings. The minimum atomic E-state index is -0.321. The van der Waals surface area contributed by atoms with Gasteiger partial charge >= 0.3 is 0 Å². The van der Waals surface area contributed by atoms with Crippen LogP contribution in [0.15, 0.2) is 40.4 Å². The first-order chi connectivity index (χ1) is 8.74. The molecule has 0 saturated heterocycles. The van der Waals surface area contributed by atoms with Crippen molar-refractivity contribution < 1.29 is 9.13 Å². The van der Waals surface area contributed by atoms with Gasteiger partial charge in [-0.05, 0) is 45.6 Å². The van der Waals surface area contributed by atoms with Gasteiger partial charge in [-0.15, -0.1) is 11.3 Å². The minimum absolute atomic E-state index is 0.321. The van der Waals surface area contributed by atoms with Crippen LogP contribution < -0.4 is 4.74 Å². The molecule has 3 aromatic rings. The maximum atomic E-state index is 13.0. The Morgan fingerprint density at radius 3 is 2.94 bits per heavy atom. The molecule has 0 N–H and O–H groups in total. The number of hydrogen-bond acceptors (Lipinski definition) is 4. The SMILES string of the molecule is Fc1ccc(Oc2ncnc3ccsc23)c(Br)c1. The van der Waals surface area contributed by atoms with Gasteiger partial charge in [-0.25, -0.2) is 14.4 Å². The number of ether oxygens (including phenoxy) is 1. The van der Waals surface area contributed by atoms with Crippen LogP contribution in [0.4, 0.5) is 4.39 Å². The molecule has 0 aliphatic heterocycles. The van der Waals surface area contributed by atoms with Crippen LogP contribution in [0.5, 0.6) is 11.6 Å². The Kier molecular flexibility index (Phi) is 2.97. The lowest BCUT2D eigenvalue weighted by Crippen LogP contribution is -1.90. The maximum Gasteiger partial charge on any atom is 0.240 e. The largest absolute Gasteiger partial charge is 0.436 e. The van der Waals surface area contributed by atoms with Gasteiger partial charge in [0, 0.05) is 0 Å². The molecule has 1 aromatic carbocycles. The van der Waals surface area contributed by atoms with Gasteiger partial charge in [-0.1, -0.05) is 0 Å². The number of hydrogen-bond donors (Lipinski definition) is 0. The molecule has 6 heteroatoms. The zero-order valence-electron chi connectivity index (χ0n) is 8.93. The van der Waals surface area contributed by atoms with E-state index in [-0.39, 0.29) is 5.82 Å². The summed E-state index contributed by atoms with van der Waals surface area (Å²) in [4.78, 5) is 8.23. The molecule has 0 unspecified atom stereocenters. The summed E-state index contributed by atoms with van der Waals surface area (Å²) < 4.78 is 20.1.